The summed E-state index contributed by atoms with van der Waals surface area (Å²) in [5, 5.41) is 0. The number of carbonyl (C=O) groups excluding carboxylic acids is 2. The Morgan fingerprint density at radius 3 is 1.80 bits per heavy atom. The molecular weight excluding hydrogens is 258 g/mol. The summed E-state index contributed by atoms with van der Waals surface area (Å²) >= 11 is 0. The van der Waals surface area contributed by atoms with Gasteiger partial charge in [-0.2, -0.15) is 0 Å². The Balaban J connectivity index is 2.22. The highest BCUT2D eigenvalue weighted by Gasteiger charge is 2.59. The Morgan fingerprint density at radius 2 is 1.45 bits per heavy atom. The molecule has 1 aliphatic heterocycles. The highest BCUT2D eigenvalue weighted by Crippen LogP contribution is 2.37. The van der Waals surface area contributed by atoms with Crippen molar-refractivity contribution in [2.75, 3.05) is 19.1 Å². The maximum atomic E-state index is 11.7. The van der Waals surface area contributed by atoms with Crippen LogP contribution < -0.4 is 4.90 Å². The van der Waals surface area contributed by atoms with E-state index in [2.05, 4.69) is 13.8 Å². The number of methoxy groups -OCH3 is 2. The largest absolute Gasteiger partial charge is 0.467 e. The lowest BCUT2D eigenvalue weighted by Gasteiger charge is -2.09. The molecule has 5 heteroatoms. The Labute approximate surface area is 118 Å². The standard InChI is InChI=1S/C15H19NO4/c1-9(2)10-5-7-11(8-6-10)16-12(14(17)19-3)13(16)15(18)20-4/h5-9,12-13H,1-4H3. The molecule has 1 fully saturated rings. The van der Waals surface area contributed by atoms with Crippen molar-refractivity contribution in [2.45, 2.75) is 31.8 Å². The number of esters is 2. The first kappa shape index (κ1) is 14.4. The molecule has 0 aromatic heterocycles. The van der Waals surface area contributed by atoms with Crippen molar-refractivity contribution < 1.29 is 19.1 Å². The molecule has 2 unspecified atom stereocenters. The zero-order valence-corrected chi connectivity index (χ0v) is 12.1. The molecule has 108 valence electrons. The summed E-state index contributed by atoms with van der Waals surface area (Å²) in [4.78, 5) is 25.1. The molecule has 1 saturated heterocycles. The second kappa shape index (κ2) is 5.53. The number of benzene rings is 1. The fraction of sp³-hybridized carbons (Fsp3) is 0.467. The van der Waals surface area contributed by atoms with Gasteiger partial charge in [0.1, 0.15) is 0 Å². The predicted molar refractivity (Wildman–Crippen MR) is 74.6 cm³/mol. The fourth-order valence-corrected chi connectivity index (χ4v) is 2.31. The van der Waals surface area contributed by atoms with Crippen molar-refractivity contribution in [2.24, 2.45) is 0 Å². The number of hydrogen-bond donors (Lipinski definition) is 0. The molecule has 5 nitrogen and oxygen atoms in total. The van der Waals surface area contributed by atoms with Gasteiger partial charge in [0.25, 0.3) is 0 Å². The van der Waals surface area contributed by atoms with Crippen LogP contribution in [0.4, 0.5) is 5.69 Å². The van der Waals surface area contributed by atoms with Gasteiger partial charge in [-0.25, -0.2) is 9.59 Å². The van der Waals surface area contributed by atoms with Crippen molar-refractivity contribution in [1.82, 2.24) is 0 Å². The van der Waals surface area contributed by atoms with Gasteiger partial charge >= 0.3 is 11.9 Å². The maximum absolute atomic E-state index is 11.7. The van der Waals surface area contributed by atoms with Gasteiger partial charge in [-0.1, -0.05) is 26.0 Å². The molecule has 1 heterocycles. The molecule has 0 aliphatic carbocycles. The summed E-state index contributed by atoms with van der Waals surface area (Å²) in [7, 11) is 2.63. The van der Waals surface area contributed by atoms with E-state index in [9.17, 15) is 9.59 Å². The minimum Gasteiger partial charge on any atom is -0.467 e. The Bertz CT molecular complexity index is 487. The van der Waals surface area contributed by atoms with E-state index >= 15 is 0 Å². The quantitative estimate of drug-likeness (QED) is 0.619. The van der Waals surface area contributed by atoms with Crippen molar-refractivity contribution in [3.05, 3.63) is 29.8 Å². The third-order valence-electron chi connectivity index (χ3n) is 3.55. The normalized spacial score (nSPS) is 20.8. The van der Waals surface area contributed by atoms with Crippen molar-refractivity contribution >= 4 is 17.6 Å². The molecule has 1 aromatic rings. The second-order valence-electron chi connectivity index (χ2n) is 5.09. The van der Waals surface area contributed by atoms with Crippen molar-refractivity contribution in [3.63, 3.8) is 0 Å². The number of anilines is 1. The average molecular weight is 277 g/mol. The first-order valence-corrected chi connectivity index (χ1v) is 6.55. The molecule has 0 saturated carbocycles. The molecular formula is C15H19NO4. The lowest BCUT2D eigenvalue weighted by Crippen LogP contribution is -2.18. The van der Waals surface area contributed by atoms with E-state index in [0.29, 0.717) is 5.92 Å². The highest BCUT2D eigenvalue weighted by atomic mass is 16.5. The number of rotatable bonds is 4. The van der Waals surface area contributed by atoms with Crippen LogP contribution in [0.25, 0.3) is 0 Å². The zero-order chi connectivity index (χ0) is 14.9. The SMILES string of the molecule is COC(=O)C1C(C(=O)OC)N1c1ccc(C(C)C)cc1. The lowest BCUT2D eigenvalue weighted by molar-refractivity contribution is -0.144. The Morgan fingerprint density at radius 1 is 1.00 bits per heavy atom. The van der Waals surface area contributed by atoms with Gasteiger partial charge in [-0.3, -0.25) is 0 Å². The van der Waals surface area contributed by atoms with Crippen LogP contribution in [0.3, 0.4) is 0 Å². The molecule has 2 atom stereocenters. The number of ether oxygens (including phenoxy) is 2. The van der Waals surface area contributed by atoms with Gasteiger partial charge in [-0.05, 0) is 23.6 Å². The first-order valence-electron chi connectivity index (χ1n) is 6.55. The van der Waals surface area contributed by atoms with Gasteiger partial charge < -0.3 is 14.4 Å². The van der Waals surface area contributed by atoms with Crippen LogP contribution >= 0.6 is 0 Å². The Hall–Kier alpha value is -2.04. The van der Waals surface area contributed by atoms with Crippen LogP contribution in [0.15, 0.2) is 24.3 Å². The van der Waals surface area contributed by atoms with Crippen LogP contribution in [0, 0.1) is 0 Å². The highest BCUT2D eigenvalue weighted by molar-refractivity contribution is 6.00. The molecule has 20 heavy (non-hydrogen) atoms. The zero-order valence-electron chi connectivity index (χ0n) is 12.1. The molecule has 2 rings (SSSR count). The number of hydrogen-bond acceptors (Lipinski definition) is 5. The minimum absolute atomic E-state index is 0.423. The van der Waals surface area contributed by atoms with Crippen LogP contribution in [0.1, 0.15) is 25.3 Å². The molecule has 0 amide bonds. The molecule has 0 bridgehead atoms. The van der Waals surface area contributed by atoms with E-state index in [4.69, 9.17) is 9.47 Å². The van der Waals surface area contributed by atoms with Crippen LogP contribution in [-0.2, 0) is 19.1 Å². The molecule has 0 spiro atoms. The molecule has 0 radical (unpaired) electrons. The summed E-state index contributed by atoms with van der Waals surface area (Å²) in [6.45, 7) is 4.22. The third-order valence-corrected chi connectivity index (χ3v) is 3.55. The summed E-state index contributed by atoms with van der Waals surface area (Å²) in [6, 6.07) is 6.65. The van der Waals surface area contributed by atoms with Gasteiger partial charge in [0.2, 0.25) is 0 Å². The lowest BCUT2D eigenvalue weighted by atomic mass is 10.0. The average Bonchev–Trinajstić information content (AvgIpc) is 3.21. The number of carbonyl (C=O) groups is 2. The van der Waals surface area contributed by atoms with Crippen molar-refractivity contribution in [1.29, 1.82) is 0 Å². The molecule has 1 aliphatic rings. The van der Waals surface area contributed by atoms with Gasteiger partial charge in [0.05, 0.1) is 14.2 Å². The summed E-state index contributed by atoms with van der Waals surface area (Å²) in [6.07, 6.45) is 0. The fourth-order valence-electron chi connectivity index (χ4n) is 2.31. The van der Waals surface area contributed by atoms with E-state index in [1.165, 1.54) is 19.8 Å². The molecule has 0 N–H and O–H groups in total. The summed E-state index contributed by atoms with van der Waals surface area (Å²) in [5.74, 6) is -0.410. The van der Waals surface area contributed by atoms with Crippen LogP contribution in [0.5, 0.6) is 0 Å². The minimum atomic E-state index is -0.586. The van der Waals surface area contributed by atoms with Crippen LogP contribution in [-0.4, -0.2) is 38.2 Å². The van der Waals surface area contributed by atoms with E-state index in [0.717, 1.165) is 5.69 Å². The first-order chi connectivity index (χ1) is 9.51. The monoisotopic (exact) mass is 277 g/mol. The number of nitrogens with zero attached hydrogens (tertiary/aromatic N) is 1. The summed E-state index contributed by atoms with van der Waals surface area (Å²) in [5.41, 5.74) is 2.03. The van der Waals surface area contributed by atoms with Gasteiger partial charge in [0.15, 0.2) is 12.1 Å². The van der Waals surface area contributed by atoms with Crippen LogP contribution in [0.2, 0.25) is 0 Å². The van der Waals surface area contributed by atoms with E-state index in [1.807, 2.05) is 24.3 Å². The van der Waals surface area contributed by atoms with E-state index in [-0.39, 0.29) is 0 Å². The van der Waals surface area contributed by atoms with E-state index < -0.39 is 24.0 Å². The topological polar surface area (TPSA) is 55.6 Å². The van der Waals surface area contributed by atoms with Crippen molar-refractivity contribution in [3.8, 4) is 0 Å². The predicted octanol–water partition coefficient (Wildman–Crippen LogP) is 1.71. The second-order valence-corrected chi connectivity index (χ2v) is 5.09. The Kier molecular flexibility index (Phi) is 3.97. The third kappa shape index (κ3) is 2.48. The van der Waals surface area contributed by atoms with E-state index in [1.54, 1.807) is 4.90 Å². The van der Waals surface area contributed by atoms with Gasteiger partial charge in [-0.15, -0.1) is 0 Å². The summed E-state index contributed by atoms with van der Waals surface area (Å²) < 4.78 is 9.45. The smallest absolute Gasteiger partial charge is 0.331 e. The van der Waals surface area contributed by atoms with Gasteiger partial charge in [0, 0.05) is 5.69 Å². The molecule has 1 aromatic carbocycles. The maximum Gasteiger partial charge on any atom is 0.331 e.